The van der Waals surface area contributed by atoms with Crippen molar-refractivity contribution in [2.24, 2.45) is 25.9 Å². The van der Waals surface area contributed by atoms with E-state index in [2.05, 4.69) is 44.1 Å². The molecule has 2 saturated carbocycles. The second-order valence-corrected chi connectivity index (χ2v) is 36.0. The lowest BCUT2D eigenvalue weighted by Crippen LogP contribution is -2.24. The van der Waals surface area contributed by atoms with Crippen LogP contribution in [0.4, 0.5) is 67.2 Å². The van der Waals surface area contributed by atoms with Crippen LogP contribution in [0, 0.1) is 58.8 Å². The minimum Gasteiger partial charge on any atom is -0.494 e. The van der Waals surface area contributed by atoms with Crippen LogP contribution in [0.5, 0.6) is 5.75 Å². The predicted octanol–water partition coefficient (Wildman–Crippen LogP) is 14.9. The number of rotatable bonds is 21. The number of nitrogens with zero attached hydrogens (tertiary/aromatic N) is 10. The number of benzene rings is 4. The largest absolute Gasteiger partial charge is 0.494 e. The molecule has 10 aromatic rings. The quantitative estimate of drug-likeness (QED) is 0.0445. The first kappa shape index (κ1) is 84.9. The SMILES string of the molecule is COc1cc(-c2ccc(Cl)c3c(CS(C)(=O)=O)nn(C)c23)c([C@@H](CC(=O)Cn2nc(C(F)(F)F)c3c2C(F)(F)[C@@H]2C[C@H]32)Cc2cc(F)cc(F)c2)nc1C#CC(C)(C)O.Cn1nc(CS(C)(=O)=O)c2c(Cl)ccc(-c3cc(N)c(C#CC(C)(C)O)nc3[C@@H](CC(=O)Cn3nc(C(F)(F)F)c4c3C(F)(F)[C@@H]3C[C@H]43)Cc3cc(F)cc(F)c3)c21. The Bertz CT molecular complexity index is 6140. The minimum atomic E-state index is -5.07. The van der Waals surface area contributed by atoms with E-state index in [1.54, 1.807) is 12.1 Å². The molecule has 4 N–H and O–H groups in total. The monoisotopic (exact) mass is 1720 g/mol. The molecule has 4 aliphatic carbocycles. The molecule has 4 aliphatic rings. The maximum Gasteiger partial charge on any atom is 0.435 e. The molecule has 0 amide bonds. The Labute approximate surface area is 668 Å². The van der Waals surface area contributed by atoms with Gasteiger partial charge in [-0.1, -0.05) is 47.2 Å². The first-order valence-electron chi connectivity index (χ1n) is 35.8. The molecule has 0 spiro atoms. The summed E-state index contributed by atoms with van der Waals surface area (Å²) in [5.74, 6) is -10.3. The van der Waals surface area contributed by atoms with Crippen LogP contribution in [0.1, 0.15) is 156 Å². The summed E-state index contributed by atoms with van der Waals surface area (Å²) in [5.41, 5.74) is -0.900. The van der Waals surface area contributed by atoms with E-state index in [9.17, 15) is 80.5 Å². The molecule has 0 aliphatic heterocycles. The number of carbonyl (C=O) groups is 2. The number of nitrogen functional groups attached to an aromatic ring is 1. The molecule has 0 saturated heterocycles. The van der Waals surface area contributed by atoms with E-state index in [0.717, 1.165) is 36.8 Å². The smallest absolute Gasteiger partial charge is 0.435 e. The Morgan fingerprint density at radius 2 is 0.949 bits per heavy atom. The van der Waals surface area contributed by atoms with Crippen LogP contribution in [0.15, 0.2) is 72.8 Å². The van der Waals surface area contributed by atoms with Crippen LogP contribution in [0.25, 0.3) is 44.1 Å². The number of ketones is 2. The van der Waals surface area contributed by atoms with Crippen LogP contribution < -0.4 is 10.5 Å². The van der Waals surface area contributed by atoms with Crippen molar-refractivity contribution in [2.75, 3.05) is 25.4 Å². The number of aliphatic hydroxyl groups is 2. The van der Waals surface area contributed by atoms with Crippen molar-refractivity contribution in [1.29, 1.82) is 0 Å². The number of anilines is 1. The zero-order chi connectivity index (χ0) is 85.6. The highest BCUT2D eigenvalue weighted by molar-refractivity contribution is 7.90. The first-order valence-corrected chi connectivity index (χ1v) is 40.7. The average molecular weight is 1720 g/mol. The molecule has 6 atom stereocenters. The van der Waals surface area contributed by atoms with Crippen molar-refractivity contribution in [2.45, 2.75) is 150 Å². The van der Waals surface area contributed by atoms with Crippen LogP contribution in [0.2, 0.25) is 10.0 Å². The highest BCUT2D eigenvalue weighted by Gasteiger charge is 2.70. The number of carbonyl (C=O) groups excluding carboxylic acids is 2. The lowest BCUT2D eigenvalue weighted by molar-refractivity contribution is -0.143. The molecule has 0 radical (unpaired) electrons. The lowest BCUT2D eigenvalue weighted by atomic mass is 9.86. The summed E-state index contributed by atoms with van der Waals surface area (Å²) >= 11 is 13.3. The Balaban J connectivity index is 0.000000203. The number of hydrogen-bond acceptors (Lipinski definition) is 16. The van der Waals surface area contributed by atoms with Crippen molar-refractivity contribution in [3.05, 3.63) is 185 Å². The summed E-state index contributed by atoms with van der Waals surface area (Å²) in [6, 6.07) is 14.3. The van der Waals surface area contributed by atoms with Crippen LogP contribution in [-0.4, -0.2) is 119 Å². The Morgan fingerprint density at radius 3 is 1.31 bits per heavy atom. The Hall–Kier alpha value is -9.98. The molecule has 6 aromatic heterocycles. The molecule has 14 rings (SSSR count). The molecule has 117 heavy (non-hydrogen) atoms. The summed E-state index contributed by atoms with van der Waals surface area (Å²) < 4.78 is 264. The van der Waals surface area contributed by atoms with Gasteiger partial charge in [-0.2, -0.15) is 64.3 Å². The summed E-state index contributed by atoms with van der Waals surface area (Å²) in [6.07, 6.45) is -10.3. The van der Waals surface area contributed by atoms with Crippen LogP contribution in [0.3, 0.4) is 0 Å². The summed E-state index contributed by atoms with van der Waals surface area (Å²) in [5, 5.41) is 37.4. The number of ether oxygens (including phenoxy) is 1. The van der Waals surface area contributed by atoms with Gasteiger partial charge in [0.1, 0.15) is 64.6 Å². The van der Waals surface area contributed by atoms with Crippen molar-refractivity contribution in [1.82, 2.24) is 49.1 Å². The van der Waals surface area contributed by atoms with Gasteiger partial charge < -0.3 is 20.7 Å². The molecular weight excluding hydrogens is 1650 g/mol. The van der Waals surface area contributed by atoms with Gasteiger partial charge in [0.25, 0.3) is 11.8 Å². The Kier molecular flexibility index (Phi) is 21.9. The number of nitrogens with two attached hydrogens (primary N) is 1. The van der Waals surface area contributed by atoms with Gasteiger partial charge in [0, 0.05) is 119 Å². The van der Waals surface area contributed by atoms with Crippen molar-refractivity contribution >= 4 is 81.9 Å². The number of aryl methyl sites for hydroxylation is 2. The third-order valence-corrected chi connectivity index (χ3v) is 22.5. The number of halogens is 16. The molecule has 6 heterocycles. The second kappa shape index (κ2) is 30.1. The molecule has 0 unspecified atom stereocenters. The van der Waals surface area contributed by atoms with Gasteiger partial charge in [0.15, 0.2) is 54.1 Å². The second-order valence-electron chi connectivity index (χ2n) is 30.9. The van der Waals surface area contributed by atoms with E-state index in [0.29, 0.717) is 43.7 Å². The van der Waals surface area contributed by atoms with Gasteiger partial charge >= 0.3 is 12.4 Å². The molecule has 4 aromatic carbocycles. The zero-order valence-corrected chi connectivity index (χ0v) is 66.3. The number of alkyl halides is 10. The van der Waals surface area contributed by atoms with Gasteiger partial charge in [-0.25, -0.2) is 44.4 Å². The maximum absolute atomic E-state index is 15.5. The summed E-state index contributed by atoms with van der Waals surface area (Å²) in [4.78, 5) is 37.7. The normalized spacial score (nSPS) is 17.7. The van der Waals surface area contributed by atoms with E-state index in [1.165, 1.54) is 82.5 Å². The van der Waals surface area contributed by atoms with E-state index < -0.39 is 197 Å². The third kappa shape index (κ3) is 17.5. The zero-order valence-electron chi connectivity index (χ0n) is 63.1. The topological polar surface area (TPSA) is 275 Å². The van der Waals surface area contributed by atoms with Gasteiger partial charge in [0.05, 0.1) is 68.2 Å². The predicted molar refractivity (Wildman–Crippen MR) is 401 cm³/mol. The molecule has 0 bridgehead atoms. The van der Waals surface area contributed by atoms with Gasteiger partial charge in [-0.3, -0.25) is 28.3 Å². The fourth-order valence-electron chi connectivity index (χ4n) is 15.7. The third-order valence-electron chi connectivity index (χ3n) is 20.3. The number of Topliss-reactive ketones (excluding diaryl/α,β-unsaturated/α-hetero) is 2. The number of pyridine rings is 2. The molecular formula is C79H69Cl2F14N11O9S2. The summed E-state index contributed by atoms with van der Waals surface area (Å²) in [7, 11) is -2.86. The highest BCUT2D eigenvalue weighted by Crippen LogP contribution is 2.70. The van der Waals surface area contributed by atoms with Gasteiger partial charge in [-0.15, -0.1) is 0 Å². The fraction of sp³-hybridized carbons (Fsp3) is 0.392. The first-order chi connectivity index (χ1) is 54.2. The fourth-order valence-corrected chi connectivity index (χ4v) is 17.6. The van der Waals surface area contributed by atoms with Crippen LogP contribution >= 0.6 is 23.2 Å². The van der Waals surface area contributed by atoms with E-state index >= 15 is 17.6 Å². The standard InChI is InChI=1S/C40H35ClF7N5O5S.C39H34ClF7N6O4S/c1-38(2,55)9-8-29-31(58-4)16-25(24-6-7-28(41)33-30(18-59(5,56)57)50-52(3)35(24)33)34(49-29)20(10-19-11-21(42)14-22(43)12-19)13-23(54)17-53-37-32(36(51-53)40(46,47)48)26-15-27(26)39(37,44)45;1-37(2,55)8-7-29-28(48)15-24(23-5-6-27(40)32-30(17-58(4,56)57)50-52(3)34(23)32)33(49-29)19(9-18-10-20(41)13-21(42)11-18)12-22(54)16-53-36-31(35(51-53)39(45,46)47)25-14-26(25)38(36,43)44/h6-7,11-12,14,16,20,26-27,55H,10,13,15,17-18H2,1-5H3;5-6,10-11,13,15,19,25-26,55H,9,12,14,16-17,48H2,1-4H3/t20-,26+,27-;19-,25+,26-/m11/s1. The highest BCUT2D eigenvalue weighted by atomic mass is 35.5. The average Bonchev–Trinajstić information content (AvgIpc) is 1.52. The Morgan fingerprint density at radius 1 is 0.581 bits per heavy atom. The van der Waals surface area contributed by atoms with E-state index in [4.69, 9.17) is 43.6 Å². The minimum absolute atomic E-state index is 0.0217. The number of sulfone groups is 2. The van der Waals surface area contributed by atoms with Crippen LogP contribution in [-0.2, 0) is 105 Å². The van der Waals surface area contributed by atoms with E-state index in [1.807, 2.05) is 0 Å². The van der Waals surface area contributed by atoms with E-state index in [-0.39, 0.29) is 114 Å². The van der Waals surface area contributed by atoms with Gasteiger partial charge in [-0.05, 0) is 137 Å². The van der Waals surface area contributed by atoms with Gasteiger partial charge in [0.2, 0.25) is 0 Å². The van der Waals surface area contributed by atoms with Crippen molar-refractivity contribution in [3.8, 4) is 51.7 Å². The lowest BCUT2D eigenvalue weighted by Gasteiger charge is -2.22. The maximum atomic E-state index is 15.5. The number of hydrogen-bond donors (Lipinski definition) is 3. The molecule has 38 heteroatoms. The molecule has 2 fully saturated rings. The number of methoxy groups -OCH3 is 1. The summed E-state index contributed by atoms with van der Waals surface area (Å²) in [6.45, 7) is 3.61. The molecule has 20 nitrogen and oxygen atoms in total. The van der Waals surface area contributed by atoms with Crippen molar-refractivity contribution < 1.29 is 103 Å². The molecule has 618 valence electrons. The number of aromatic nitrogens is 10. The number of fused-ring (bicyclic) bond motifs is 8. The van der Waals surface area contributed by atoms with Crippen molar-refractivity contribution in [3.63, 3.8) is 0 Å².